The van der Waals surface area contributed by atoms with Crippen LogP contribution in [0.4, 0.5) is 0 Å². The van der Waals surface area contributed by atoms with E-state index in [1.165, 1.54) is 0 Å². The molecule has 3 nitrogen and oxygen atoms in total. The number of rotatable bonds is 0. The maximum Gasteiger partial charge on any atom is 0.102 e. The molecule has 0 N–H and O–H groups in total. The van der Waals surface area contributed by atoms with Crippen molar-refractivity contribution in [2.45, 2.75) is 26.2 Å². The average Bonchev–Trinajstić information content (AvgIpc) is 2.85. The standard InChI is InChI=1S/C18H16N3.Ir/c1-18(2,3)17-20-13-9-5-4-8-12(13)16-19-14-10-6-7-11-15(14)21(16)17;/h4-7,9-11H,1-3H3;/q-1;. The zero-order valence-corrected chi connectivity index (χ0v) is 15.1. The third-order valence-electron chi connectivity index (χ3n) is 3.73. The van der Waals surface area contributed by atoms with Gasteiger partial charge in [-0.1, -0.05) is 38.3 Å². The molecule has 0 aliphatic carbocycles. The maximum absolute atomic E-state index is 4.89. The van der Waals surface area contributed by atoms with Gasteiger partial charge in [-0.3, -0.25) is 9.97 Å². The normalized spacial score (nSPS) is 12.0. The predicted molar refractivity (Wildman–Crippen MR) is 85.5 cm³/mol. The van der Waals surface area contributed by atoms with Crippen LogP contribution in [-0.4, -0.2) is 14.4 Å². The fraction of sp³-hybridized carbons (Fsp3) is 0.222. The number of imidazole rings is 1. The third kappa shape index (κ3) is 2.14. The summed E-state index contributed by atoms with van der Waals surface area (Å²) in [5.41, 5.74) is 3.92. The molecule has 4 heteroatoms. The smallest absolute Gasteiger partial charge is 0.102 e. The summed E-state index contributed by atoms with van der Waals surface area (Å²) in [6.45, 7) is 6.55. The molecule has 0 saturated heterocycles. The summed E-state index contributed by atoms with van der Waals surface area (Å²) >= 11 is 0. The Kier molecular flexibility index (Phi) is 3.54. The van der Waals surface area contributed by atoms with Gasteiger partial charge < -0.3 is 4.40 Å². The molecule has 2 heterocycles. The predicted octanol–water partition coefficient (Wildman–Crippen LogP) is 4.13. The second-order valence-electron chi connectivity index (χ2n) is 6.38. The molecule has 2 aromatic heterocycles. The van der Waals surface area contributed by atoms with E-state index in [4.69, 9.17) is 9.97 Å². The number of hydrogen-bond acceptors (Lipinski definition) is 2. The maximum atomic E-state index is 4.89. The van der Waals surface area contributed by atoms with Gasteiger partial charge in [0.05, 0.1) is 16.7 Å². The van der Waals surface area contributed by atoms with E-state index in [9.17, 15) is 0 Å². The van der Waals surface area contributed by atoms with E-state index in [1.807, 2.05) is 36.4 Å². The first-order chi connectivity index (χ1) is 10.1. The van der Waals surface area contributed by atoms with Crippen LogP contribution in [0.5, 0.6) is 0 Å². The minimum atomic E-state index is -0.0637. The molecule has 0 aliphatic heterocycles. The third-order valence-corrected chi connectivity index (χ3v) is 3.73. The summed E-state index contributed by atoms with van der Waals surface area (Å²) in [6.07, 6.45) is 0. The molecular weight excluding hydrogens is 450 g/mol. The van der Waals surface area contributed by atoms with Crippen molar-refractivity contribution in [3.8, 4) is 0 Å². The van der Waals surface area contributed by atoms with Crippen LogP contribution in [0.25, 0.3) is 27.6 Å². The Morgan fingerprint density at radius 2 is 1.68 bits per heavy atom. The van der Waals surface area contributed by atoms with Gasteiger partial charge >= 0.3 is 0 Å². The van der Waals surface area contributed by atoms with Gasteiger partial charge in [-0.05, 0) is 17.6 Å². The van der Waals surface area contributed by atoms with Crippen molar-refractivity contribution in [1.82, 2.24) is 14.4 Å². The fourth-order valence-corrected chi connectivity index (χ4v) is 2.78. The van der Waals surface area contributed by atoms with Gasteiger partial charge in [-0.25, -0.2) is 0 Å². The summed E-state index contributed by atoms with van der Waals surface area (Å²) in [5.74, 6) is 1.03. The van der Waals surface area contributed by atoms with Crippen molar-refractivity contribution < 1.29 is 20.1 Å². The van der Waals surface area contributed by atoms with E-state index in [1.54, 1.807) is 0 Å². The summed E-state index contributed by atoms with van der Waals surface area (Å²) in [6, 6.07) is 17.4. The van der Waals surface area contributed by atoms with E-state index in [0.717, 1.165) is 33.4 Å². The van der Waals surface area contributed by atoms with Gasteiger partial charge in [-0.2, -0.15) is 0 Å². The van der Waals surface area contributed by atoms with Gasteiger partial charge in [0.25, 0.3) is 0 Å². The quantitative estimate of drug-likeness (QED) is 0.365. The van der Waals surface area contributed by atoms with Crippen LogP contribution >= 0.6 is 0 Å². The summed E-state index contributed by atoms with van der Waals surface area (Å²) in [7, 11) is 0. The van der Waals surface area contributed by atoms with Crippen molar-refractivity contribution in [1.29, 1.82) is 0 Å². The molecule has 0 aliphatic rings. The molecular formula is C18H16IrN3-. The van der Waals surface area contributed by atoms with E-state index < -0.39 is 0 Å². The zero-order chi connectivity index (χ0) is 14.6. The average molecular weight is 467 g/mol. The number of nitrogens with zero attached hydrogens (tertiary/aromatic N) is 3. The monoisotopic (exact) mass is 467 g/mol. The molecule has 0 atom stereocenters. The molecule has 0 amide bonds. The minimum Gasteiger partial charge on any atom is -0.321 e. The molecule has 113 valence electrons. The Morgan fingerprint density at radius 3 is 2.45 bits per heavy atom. The van der Waals surface area contributed by atoms with Crippen LogP contribution in [0.1, 0.15) is 26.6 Å². The second kappa shape index (κ2) is 5.15. The van der Waals surface area contributed by atoms with Crippen LogP contribution < -0.4 is 0 Å². The van der Waals surface area contributed by atoms with Gasteiger partial charge in [0.2, 0.25) is 0 Å². The molecule has 4 rings (SSSR count). The summed E-state index contributed by atoms with van der Waals surface area (Å²) in [4.78, 5) is 9.70. The van der Waals surface area contributed by atoms with Crippen LogP contribution in [-0.2, 0) is 25.5 Å². The number of fused-ring (bicyclic) bond motifs is 5. The van der Waals surface area contributed by atoms with Gasteiger partial charge in [0, 0.05) is 25.5 Å². The topological polar surface area (TPSA) is 30.2 Å². The SMILES string of the molecule is CC(C)(C)c1nc2ccc[c-]c2c2nc3ccccc3n12.[Ir]. The van der Waals surface area contributed by atoms with Gasteiger partial charge in [-0.15, -0.1) is 24.3 Å². The number of para-hydroxylation sites is 2. The molecule has 0 spiro atoms. The van der Waals surface area contributed by atoms with Crippen LogP contribution in [0.15, 0.2) is 42.5 Å². The van der Waals surface area contributed by atoms with Gasteiger partial charge in [0.15, 0.2) is 0 Å². The molecule has 0 fully saturated rings. The molecule has 4 aromatic rings. The Balaban J connectivity index is 0.00000144. The molecule has 1 radical (unpaired) electrons. The Labute approximate surface area is 142 Å². The first kappa shape index (κ1) is 15.1. The van der Waals surface area contributed by atoms with E-state index in [-0.39, 0.29) is 25.5 Å². The van der Waals surface area contributed by atoms with Crippen molar-refractivity contribution in [2.75, 3.05) is 0 Å². The molecule has 0 bridgehead atoms. The Morgan fingerprint density at radius 1 is 0.955 bits per heavy atom. The largest absolute Gasteiger partial charge is 0.321 e. The van der Waals surface area contributed by atoms with E-state index in [2.05, 4.69) is 37.3 Å². The van der Waals surface area contributed by atoms with E-state index in [0.29, 0.717) is 0 Å². The summed E-state index contributed by atoms with van der Waals surface area (Å²) in [5, 5.41) is 0.974. The van der Waals surface area contributed by atoms with Crippen molar-refractivity contribution in [3.05, 3.63) is 54.4 Å². The first-order valence-corrected chi connectivity index (χ1v) is 7.14. The summed E-state index contributed by atoms with van der Waals surface area (Å²) < 4.78 is 2.17. The number of hydrogen-bond donors (Lipinski definition) is 0. The van der Waals surface area contributed by atoms with Crippen LogP contribution in [0, 0.1) is 6.07 Å². The Bertz CT molecular complexity index is 980. The molecule has 0 saturated carbocycles. The molecule has 22 heavy (non-hydrogen) atoms. The zero-order valence-electron chi connectivity index (χ0n) is 12.7. The Hall–Kier alpha value is -1.77. The van der Waals surface area contributed by atoms with Crippen molar-refractivity contribution in [2.24, 2.45) is 0 Å². The van der Waals surface area contributed by atoms with Crippen molar-refractivity contribution in [3.63, 3.8) is 0 Å². The van der Waals surface area contributed by atoms with Crippen LogP contribution in [0.2, 0.25) is 0 Å². The fourth-order valence-electron chi connectivity index (χ4n) is 2.78. The van der Waals surface area contributed by atoms with E-state index >= 15 is 0 Å². The van der Waals surface area contributed by atoms with Crippen molar-refractivity contribution >= 4 is 27.6 Å². The first-order valence-electron chi connectivity index (χ1n) is 7.14. The number of aromatic nitrogens is 3. The minimum absolute atomic E-state index is 0. The van der Waals surface area contributed by atoms with Gasteiger partial charge in [0.1, 0.15) is 5.82 Å². The molecule has 0 unspecified atom stereocenters. The molecule has 2 aromatic carbocycles. The van der Waals surface area contributed by atoms with Crippen LogP contribution in [0.3, 0.4) is 0 Å². The second-order valence-corrected chi connectivity index (χ2v) is 6.38. The number of benzene rings is 2.